The molecule has 20 heavy (non-hydrogen) atoms. The summed E-state index contributed by atoms with van der Waals surface area (Å²) in [4.78, 5) is 18.0. The van der Waals surface area contributed by atoms with Crippen molar-refractivity contribution < 1.29 is 18.0 Å². The fourth-order valence-electron chi connectivity index (χ4n) is 1.37. The maximum absolute atomic E-state index is 12.4. The van der Waals surface area contributed by atoms with Gasteiger partial charge in [0.1, 0.15) is 5.03 Å². The molecule has 0 amide bonds. The first kappa shape index (κ1) is 14.3. The van der Waals surface area contributed by atoms with Gasteiger partial charge >= 0.3 is 6.18 Å². The number of alkyl halides is 3. The van der Waals surface area contributed by atoms with Gasteiger partial charge in [-0.2, -0.15) is 18.2 Å². The number of rotatable bonds is 3. The standard InChI is InChI=1S/C13H7F3N2OS/c14-13(15,16)9-1-6-12(17-7-9)20-11-4-2-10(3-5-11)18-8-19/h1-7H. The zero-order chi connectivity index (χ0) is 14.6. The normalized spacial score (nSPS) is 10.9. The number of nitrogens with zero attached hydrogens (tertiary/aromatic N) is 2. The lowest BCUT2D eigenvalue weighted by Crippen LogP contribution is -2.04. The third-order valence-corrected chi connectivity index (χ3v) is 3.26. The summed E-state index contributed by atoms with van der Waals surface area (Å²) < 4.78 is 37.1. The summed E-state index contributed by atoms with van der Waals surface area (Å²) >= 11 is 1.22. The zero-order valence-corrected chi connectivity index (χ0v) is 10.7. The van der Waals surface area contributed by atoms with Crippen LogP contribution in [0.2, 0.25) is 0 Å². The molecule has 2 aromatic rings. The monoisotopic (exact) mass is 296 g/mol. The van der Waals surface area contributed by atoms with E-state index in [0.717, 1.165) is 17.2 Å². The molecule has 1 heterocycles. The highest BCUT2D eigenvalue weighted by molar-refractivity contribution is 7.99. The number of halogens is 3. The Kier molecular flexibility index (Phi) is 4.22. The fraction of sp³-hybridized carbons (Fsp3) is 0.0769. The predicted molar refractivity (Wildman–Crippen MR) is 67.6 cm³/mol. The van der Waals surface area contributed by atoms with E-state index in [0.29, 0.717) is 10.7 Å². The van der Waals surface area contributed by atoms with Crippen LogP contribution in [0, 0.1) is 0 Å². The molecule has 2 rings (SSSR count). The van der Waals surface area contributed by atoms with Crippen molar-refractivity contribution >= 4 is 23.5 Å². The molecule has 102 valence electrons. The Bertz CT molecular complexity index is 632. The lowest BCUT2D eigenvalue weighted by atomic mass is 10.3. The molecule has 0 aliphatic carbocycles. The van der Waals surface area contributed by atoms with E-state index in [1.807, 2.05) is 0 Å². The number of aromatic nitrogens is 1. The summed E-state index contributed by atoms with van der Waals surface area (Å²) in [6.07, 6.45) is -2.16. The molecule has 0 bridgehead atoms. The SMILES string of the molecule is O=C=Nc1ccc(Sc2ccc(C(F)(F)F)cn2)cc1. The van der Waals surface area contributed by atoms with Gasteiger partial charge in [0, 0.05) is 11.1 Å². The molecule has 0 radical (unpaired) electrons. The highest BCUT2D eigenvalue weighted by Crippen LogP contribution is 2.31. The molecule has 0 N–H and O–H groups in total. The van der Waals surface area contributed by atoms with Crippen molar-refractivity contribution in [3.8, 4) is 0 Å². The second-order valence-electron chi connectivity index (χ2n) is 3.68. The van der Waals surface area contributed by atoms with Crippen molar-refractivity contribution in [2.75, 3.05) is 0 Å². The Morgan fingerprint density at radius 2 is 1.80 bits per heavy atom. The Morgan fingerprint density at radius 3 is 2.30 bits per heavy atom. The number of isocyanates is 1. The van der Waals surface area contributed by atoms with E-state index < -0.39 is 11.7 Å². The van der Waals surface area contributed by atoms with Gasteiger partial charge in [-0.15, -0.1) is 0 Å². The number of benzene rings is 1. The maximum Gasteiger partial charge on any atom is 0.417 e. The first-order valence-corrected chi connectivity index (χ1v) is 6.20. The molecule has 0 aliphatic rings. The van der Waals surface area contributed by atoms with E-state index in [-0.39, 0.29) is 0 Å². The minimum absolute atomic E-state index is 0.449. The van der Waals surface area contributed by atoms with Crippen molar-refractivity contribution in [1.82, 2.24) is 4.98 Å². The third kappa shape index (κ3) is 3.69. The van der Waals surface area contributed by atoms with E-state index in [1.54, 1.807) is 24.3 Å². The number of hydrogen-bond acceptors (Lipinski definition) is 4. The molecule has 7 heteroatoms. The summed E-state index contributed by atoms with van der Waals surface area (Å²) in [6.45, 7) is 0. The smallest absolute Gasteiger partial charge is 0.249 e. The van der Waals surface area contributed by atoms with Crippen LogP contribution < -0.4 is 0 Å². The molecule has 1 aromatic carbocycles. The highest BCUT2D eigenvalue weighted by Gasteiger charge is 2.30. The van der Waals surface area contributed by atoms with Crippen LogP contribution in [-0.4, -0.2) is 11.1 Å². The van der Waals surface area contributed by atoms with Crippen LogP contribution in [0.15, 0.2) is 57.5 Å². The number of hydrogen-bond donors (Lipinski definition) is 0. The molecular weight excluding hydrogens is 289 g/mol. The first-order chi connectivity index (χ1) is 9.49. The van der Waals surface area contributed by atoms with Gasteiger partial charge in [-0.3, -0.25) is 0 Å². The van der Waals surface area contributed by atoms with Gasteiger partial charge in [-0.25, -0.2) is 9.78 Å². The van der Waals surface area contributed by atoms with Crippen molar-refractivity contribution in [2.24, 2.45) is 4.99 Å². The Labute approximate surface area is 116 Å². The van der Waals surface area contributed by atoms with Gasteiger partial charge in [-0.05, 0) is 36.4 Å². The predicted octanol–water partition coefficient (Wildman–Crippen LogP) is 4.22. The molecule has 0 spiro atoms. The van der Waals surface area contributed by atoms with Crippen LogP contribution in [0.1, 0.15) is 5.56 Å². The van der Waals surface area contributed by atoms with Crippen molar-refractivity contribution in [1.29, 1.82) is 0 Å². The Hall–Kier alpha value is -2.11. The Morgan fingerprint density at radius 1 is 1.10 bits per heavy atom. The molecule has 0 saturated heterocycles. The number of aliphatic imine (C=N–C) groups is 1. The fourth-order valence-corrected chi connectivity index (χ4v) is 2.13. The number of carbonyl (C=O) groups excluding carboxylic acids is 1. The van der Waals surface area contributed by atoms with E-state index in [1.165, 1.54) is 23.9 Å². The minimum Gasteiger partial charge on any atom is -0.249 e. The maximum atomic E-state index is 12.4. The summed E-state index contributed by atoms with van der Waals surface area (Å²) in [5.41, 5.74) is -0.317. The average Bonchev–Trinajstić information content (AvgIpc) is 2.41. The summed E-state index contributed by atoms with van der Waals surface area (Å²) in [7, 11) is 0. The summed E-state index contributed by atoms with van der Waals surface area (Å²) in [6, 6.07) is 8.90. The van der Waals surface area contributed by atoms with Crippen LogP contribution in [0.25, 0.3) is 0 Å². The third-order valence-electron chi connectivity index (χ3n) is 2.30. The lowest BCUT2D eigenvalue weighted by Gasteiger charge is -2.06. The van der Waals surface area contributed by atoms with Gasteiger partial charge in [0.25, 0.3) is 0 Å². The molecule has 1 aromatic heterocycles. The van der Waals surface area contributed by atoms with Gasteiger partial charge < -0.3 is 0 Å². The molecular formula is C13H7F3N2OS. The zero-order valence-electron chi connectivity index (χ0n) is 9.89. The average molecular weight is 296 g/mol. The van der Waals surface area contributed by atoms with Crippen LogP contribution >= 0.6 is 11.8 Å². The summed E-state index contributed by atoms with van der Waals surface area (Å²) in [5.74, 6) is 0. The molecule has 0 saturated carbocycles. The topological polar surface area (TPSA) is 42.3 Å². The van der Waals surface area contributed by atoms with Crippen LogP contribution in [0.5, 0.6) is 0 Å². The van der Waals surface area contributed by atoms with Gasteiger partial charge in [0.05, 0.1) is 11.3 Å². The minimum atomic E-state index is -4.38. The second-order valence-corrected chi connectivity index (χ2v) is 4.78. The lowest BCUT2D eigenvalue weighted by molar-refractivity contribution is -0.137. The van der Waals surface area contributed by atoms with Crippen molar-refractivity contribution in [2.45, 2.75) is 16.1 Å². The molecule has 0 unspecified atom stereocenters. The summed E-state index contributed by atoms with van der Waals surface area (Å²) in [5, 5.41) is 0.449. The van der Waals surface area contributed by atoms with E-state index in [4.69, 9.17) is 0 Å². The van der Waals surface area contributed by atoms with Crippen LogP contribution in [0.3, 0.4) is 0 Å². The van der Waals surface area contributed by atoms with Gasteiger partial charge in [0.2, 0.25) is 6.08 Å². The van der Waals surface area contributed by atoms with Crippen molar-refractivity contribution in [3.05, 3.63) is 48.2 Å². The number of pyridine rings is 1. The molecule has 0 aliphatic heterocycles. The molecule has 0 fully saturated rings. The van der Waals surface area contributed by atoms with E-state index in [2.05, 4.69) is 9.98 Å². The second kappa shape index (κ2) is 5.90. The van der Waals surface area contributed by atoms with E-state index in [9.17, 15) is 18.0 Å². The van der Waals surface area contributed by atoms with Gasteiger partial charge in [0.15, 0.2) is 0 Å². The highest BCUT2D eigenvalue weighted by atomic mass is 32.2. The first-order valence-electron chi connectivity index (χ1n) is 5.38. The van der Waals surface area contributed by atoms with E-state index >= 15 is 0 Å². The van der Waals surface area contributed by atoms with Gasteiger partial charge in [-0.1, -0.05) is 11.8 Å². The van der Waals surface area contributed by atoms with Crippen molar-refractivity contribution in [3.63, 3.8) is 0 Å². The molecule has 0 atom stereocenters. The largest absolute Gasteiger partial charge is 0.417 e. The van der Waals surface area contributed by atoms with Crippen LogP contribution in [-0.2, 0) is 11.0 Å². The van der Waals surface area contributed by atoms with Crippen LogP contribution in [0.4, 0.5) is 18.9 Å². The quantitative estimate of drug-likeness (QED) is 0.629. The molecule has 3 nitrogen and oxygen atoms in total. The Balaban J connectivity index is 2.12.